The van der Waals surface area contributed by atoms with Crippen LogP contribution in [-0.4, -0.2) is 48.9 Å². The van der Waals surface area contributed by atoms with E-state index in [1.807, 2.05) is 43.0 Å². The van der Waals surface area contributed by atoms with Crippen LogP contribution in [0.1, 0.15) is 51.5 Å². The monoisotopic (exact) mass is 387 g/mol. The zero-order valence-corrected chi connectivity index (χ0v) is 17.1. The third-order valence-electron chi connectivity index (χ3n) is 4.52. The molecule has 0 spiro atoms. The standard InChI is InChI=1S/C21H33N5O2/c1-3-8-19(27)25-18-10-5-9-17(15-18)16-24-21(22-4-2)23-12-7-14-26-13-6-11-20(26)28/h5,9-10,15H,3-4,6-8,11-14,16H2,1-2H3,(H,25,27)(H2,22,23,24). The van der Waals surface area contributed by atoms with Gasteiger partial charge in [0.15, 0.2) is 5.96 Å². The number of hydrogen-bond donors (Lipinski definition) is 3. The molecule has 1 heterocycles. The molecule has 0 unspecified atom stereocenters. The third kappa shape index (κ3) is 7.58. The molecule has 7 nitrogen and oxygen atoms in total. The molecule has 1 aliphatic heterocycles. The van der Waals surface area contributed by atoms with E-state index < -0.39 is 0 Å². The first-order chi connectivity index (χ1) is 13.6. The number of likely N-dealkylation sites (tertiary alicyclic amines) is 1. The van der Waals surface area contributed by atoms with E-state index in [9.17, 15) is 9.59 Å². The molecule has 0 radical (unpaired) electrons. The van der Waals surface area contributed by atoms with Crippen LogP contribution >= 0.6 is 0 Å². The molecule has 0 saturated carbocycles. The van der Waals surface area contributed by atoms with E-state index in [1.54, 1.807) is 0 Å². The molecule has 1 aliphatic rings. The molecule has 2 amide bonds. The second kappa shape index (κ2) is 12.0. The Balaban J connectivity index is 1.82. The SMILES string of the molecule is CCCC(=O)Nc1cccc(CN=C(NCC)NCCCN2CCCC2=O)c1. The van der Waals surface area contributed by atoms with E-state index in [2.05, 4.69) is 20.9 Å². The van der Waals surface area contributed by atoms with Crippen molar-refractivity contribution in [2.75, 3.05) is 31.5 Å². The fourth-order valence-corrected chi connectivity index (χ4v) is 3.13. The van der Waals surface area contributed by atoms with Gasteiger partial charge >= 0.3 is 0 Å². The van der Waals surface area contributed by atoms with Crippen molar-refractivity contribution in [3.05, 3.63) is 29.8 Å². The van der Waals surface area contributed by atoms with Gasteiger partial charge in [-0.15, -0.1) is 0 Å². The minimum Gasteiger partial charge on any atom is -0.357 e. The second-order valence-corrected chi connectivity index (χ2v) is 6.96. The average molecular weight is 388 g/mol. The highest BCUT2D eigenvalue weighted by molar-refractivity contribution is 5.90. The van der Waals surface area contributed by atoms with E-state index >= 15 is 0 Å². The van der Waals surface area contributed by atoms with Crippen LogP contribution in [0.4, 0.5) is 5.69 Å². The Morgan fingerprint density at radius 3 is 2.82 bits per heavy atom. The first-order valence-electron chi connectivity index (χ1n) is 10.3. The highest BCUT2D eigenvalue weighted by atomic mass is 16.2. The van der Waals surface area contributed by atoms with Crippen molar-refractivity contribution in [1.82, 2.24) is 15.5 Å². The normalized spacial score (nSPS) is 14.3. The van der Waals surface area contributed by atoms with Crippen molar-refractivity contribution in [2.45, 2.75) is 52.5 Å². The second-order valence-electron chi connectivity index (χ2n) is 6.96. The summed E-state index contributed by atoms with van der Waals surface area (Å²) in [6, 6.07) is 7.78. The average Bonchev–Trinajstić information content (AvgIpc) is 3.08. The van der Waals surface area contributed by atoms with Gasteiger partial charge < -0.3 is 20.9 Å². The summed E-state index contributed by atoms with van der Waals surface area (Å²) in [6.45, 7) is 7.78. The summed E-state index contributed by atoms with van der Waals surface area (Å²) in [6.07, 6.45) is 3.93. The van der Waals surface area contributed by atoms with Gasteiger partial charge in [-0.25, -0.2) is 4.99 Å². The minimum atomic E-state index is 0.0367. The van der Waals surface area contributed by atoms with Gasteiger partial charge in [-0.1, -0.05) is 19.1 Å². The molecule has 1 aromatic carbocycles. The number of guanidine groups is 1. The lowest BCUT2D eigenvalue weighted by atomic mass is 10.2. The first kappa shape index (κ1) is 21.7. The maximum atomic E-state index is 11.8. The maximum Gasteiger partial charge on any atom is 0.224 e. The van der Waals surface area contributed by atoms with Gasteiger partial charge in [0.05, 0.1) is 6.54 Å². The van der Waals surface area contributed by atoms with Gasteiger partial charge in [0, 0.05) is 44.7 Å². The fraction of sp³-hybridized carbons (Fsp3) is 0.571. The number of carbonyl (C=O) groups excluding carboxylic acids is 2. The molecule has 0 atom stereocenters. The summed E-state index contributed by atoms with van der Waals surface area (Å²) in [5.41, 5.74) is 1.84. The van der Waals surface area contributed by atoms with Crippen molar-refractivity contribution in [3.8, 4) is 0 Å². The molecule has 1 fully saturated rings. The predicted molar refractivity (Wildman–Crippen MR) is 113 cm³/mol. The summed E-state index contributed by atoms with van der Waals surface area (Å²) in [4.78, 5) is 30.0. The Kier molecular flexibility index (Phi) is 9.31. The predicted octanol–water partition coefficient (Wildman–Crippen LogP) is 2.49. The van der Waals surface area contributed by atoms with Crippen molar-refractivity contribution in [3.63, 3.8) is 0 Å². The number of benzene rings is 1. The molecule has 154 valence electrons. The van der Waals surface area contributed by atoms with Gasteiger partial charge in [-0.3, -0.25) is 9.59 Å². The van der Waals surface area contributed by atoms with Crippen molar-refractivity contribution in [1.29, 1.82) is 0 Å². The van der Waals surface area contributed by atoms with Crippen molar-refractivity contribution >= 4 is 23.5 Å². The number of amides is 2. The maximum absolute atomic E-state index is 11.8. The van der Waals surface area contributed by atoms with Crippen molar-refractivity contribution < 1.29 is 9.59 Å². The van der Waals surface area contributed by atoms with Gasteiger partial charge in [-0.05, 0) is 43.9 Å². The van der Waals surface area contributed by atoms with Crippen LogP contribution in [0, 0.1) is 0 Å². The number of carbonyl (C=O) groups is 2. The van der Waals surface area contributed by atoms with Crippen LogP contribution < -0.4 is 16.0 Å². The number of aliphatic imine (C=N–C) groups is 1. The molecule has 2 rings (SSSR count). The van der Waals surface area contributed by atoms with Crippen LogP contribution in [-0.2, 0) is 16.1 Å². The van der Waals surface area contributed by atoms with Crippen LogP contribution in [0.15, 0.2) is 29.3 Å². The van der Waals surface area contributed by atoms with Crippen LogP contribution in [0.2, 0.25) is 0 Å². The number of nitrogens with zero attached hydrogens (tertiary/aromatic N) is 2. The van der Waals surface area contributed by atoms with Gasteiger partial charge in [0.1, 0.15) is 0 Å². The Hall–Kier alpha value is -2.57. The van der Waals surface area contributed by atoms with Crippen molar-refractivity contribution in [2.24, 2.45) is 4.99 Å². The van der Waals surface area contributed by atoms with E-state index in [4.69, 9.17) is 0 Å². The zero-order chi connectivity index (χ0) is 20.2. The minimum absolute atomic E-state index is 0.0367. The van der Waals surface area contributed by atoms with Crippen LogP contribution in [0.25, 0.3) is 0 Å². The van der Waals surface area contributed by atoms with Gasteiger partial charge in [0.2, 0.25) is 11.8 Å². The van der Waals surface area contributed by atoms with Gasteiger partial charge in [0.25, 0.3) is 0 Å². The Labute approximate surface area is 168 Å². The van der Waals surface area contributed by atoms with E-state index in [-0.39, 0.29) is 11.8 Å². The number of nitrogens with one attached hydrogen (secondary N) is 3. The molecule has 1 saturated heterocycles. The molecule has 0 bridgehead atoms. The summed E-state index contributed by atoms with van der Waals surface area (Å²) in [5.74, 6) is 1.07. The van der Waals surface area contributed by atoms with Crippen LogP contribution in [0.5, 0.6) is 0 Å². The molecule has 0 aliphatic carbocycles. The number of rotatable bonds is 10. The quantitative estimate of drug-likeness (QED) is 0.327. The highest BCUT2D eigenvalue weighted by Crippen LogP contribution is 2.12. The number of hydrogen-bond acceptors (Lipinski definition) is 3. The molecular formula is C21H33N5O2. The molecule has 28 heavy (non-hydrogen) atoms. The van der Waals surface area contributed by atoms with Crippen LogP contribution in [0.3, 0.4) is 0 Å². The summed E-state index contributed by atoms with van der Waals surface area (Å²) >= 11 is 0. The first-order valence-corrected chi connectivity index (χ1v) is 10.3. The lowest BCUT2D eigenvalue weighted by Gasteiger charge is -2.16. The zero-order valence-electron chi connectivity index (χ0n) is 17.1. The fourth-order valence-electron chi connectivity index (χ4n) is 3.13. The van der Waals surface area contributed by atoms with E-state index in [1.165, 1.54) is 0 Å². The number of anilines is 1. The largest absolute Gasteiger partial charge is 0.357 e. The van der Waals surface area contributed by atoms with Gasteiger partial charge in [-0.2, -0.15) is 0 Å². The van der Waals surface area contributed by atoms with E-state index in [0.29, 0.717) is 19.4 Å². The third-order valence-corrected chi connectivity index (χ3v) is 4.52. The molecular weight excluding hydrogens is 354 g/mol. The molecule has 1 aromatic rings. The molecule has 3 N–H and O–H groups in total. The topological polar surface area (TPSA) is 85.8 Å². The molecule has 7 heteroatoms. The Bertz CT molecular complexity index is 675. The lowest BCUT2D eigenvalue weighted by Crippen LogP contribution is -2.39. The summed E-state index contributed by atoms with van der Waals surface area (Å²) in [7, 11) is 0. The lowest BCUT2D eigenvalue weighted by molar-refractivity contribution is -0.127. The summed E-state index contributed by atoms with van der Waals surface area (Å²) < 4.78 is 0. The highest BCUT2D eigenvalue weighted by Gasteiger charge is 2.18. The summed E-state index contributed by atoms with van der Waals surface area (Å²) in [5, 5.41) is 9.48. The Morgan fingerprint density at radius 1 is 1.25 bits per heavy atom. The Morgan fingerprint density at radius 2 is 2.11 bits per heavy atom. The van der Waals surface area contributed by atoms with E-state index in [0.717, 1.165) is 62.7 Å². The smallest absolute Gasteiger partial charge is 0.224 e. The molecule has 0 aromatic heterocycles.